The standard InChI is InChI=1S/C22H27N3O3/c1-22(2,21(27)24(3)17-9-5-4-6-10-17)20(26)23-18-11-7-8-12-19(18)25-13-15-28-16-14-25/h4-12H,13-16H2,1-3H3,(H,23,26). The molecule has 1 aliphatic heterocycles. The van der Waals surface area contributed by atoms with Crippen LogP contribution in [-0.2, 0) is 14.3 Å². The minimum absolute atomic E-state index is 0.264. The van der Waals surface area contributed by atoms with Crippen molar-refractivity contribution in [2.75, 3.05) is 48.5 Å². The Morgan fingerprint density at radius 1 is 1.00 bits per heavy atom. The molecule has 0 spiro atoms. The monoisotopic (exact) mass is 381 g/mol. The second kappa shape index (κ2) is 8.44. The van der Waals surface area contributed by atoms with Crippen LogP contribution in [0.1, 0.15) is 13.8 Å². The lowest BCUT2D eigenvalue weighted by Crippen LogP contribution is -2.46. The first-order chi connectivity index (χ1) is 13.4. The van der Waals surface area contributed by atoms with Gasteiger partial charge in [0.1, 0.15) is 5.41 Å². The SMILES string of the molecule is CN(C(=O)C(C)(C)C(=O)Nc1ccccc1N1CCOCC1)c1ccccc1. The zero-order chi connectivity index (χ0) is 20.1. The van der Waals surface area contributed by atoms with Crippen LogP contribution >= 0.6 is 0 Å². The first-order valence-corrected chi connectivity index (χ1v) is 9.47. The largest absolute Gasteiger partial charge is 0.378 e. The van der Waals surface area contributed by atoms with Crippen molar-refractivity contribution in [3.8, 4) is 0 Å². The number of ether oxygens (including phenoxy) is 1. The Hall–Kier alpha value is -2.86. The van der Waals surface area contributed by atoms with Crippen LogP contribution in [0.3, 0.4) is 0 Å². The van der Waals surface area contributed by atoms with Crippen molar-refractivity contribution in [2.24, 2.45) is 5.41 Å². The van der Waals surface area contributed by atoms with Gasteiger partial charge in [-0.3, -0.25) is 9.59 Å². The summed E-state index contributed by atoms with van der Waals surface area (Å²) >= 11 is 0. The van der Waals surface area contributed by atoms with Crippen LogP contribution in [0.25, 0.3) is 0 Å². The summed E-state index contributed by atoms with van der Waals surface area (Å²) in [5.41, 5.74) is 1.18. The van der Waals surface area contributed by atoms with Crippen molar-refractivity contribution in [1.29, 1.82) is 0 Å². The smallest absolute Gasteiger partial charge is 0.241 e. The molecule has 3 rings (SSSR count). The number of benzene rings is 2. The summed E-state index contributed by atoms with van der Waals surface area (Å²) in [6, 6.07) is 17.0. The first-order valence-electron chi connectivity index (χ1n) is 9.47. The molecule has 6 nitrogen and oxygen atoms in total. The fourth-order valence-corrected chi connectivity index (χ4v) is 3.22. The Kier molecular flexibility index (Phi) is 5.99. The summed E-state index contributed by atoms with van der Waals surface area (Å²) < 4.78 is 5.42. The van der Waals surface area contributed by atoms with E-state index in [1.165, 1.54) is 4.90 Å². The highest BCUT2D eigenvalue weighted by Gasteiger charge is 2.39. The number of hydrogen-bond donors (Lipinski definition) is 1. The fourth-order valence-electron chi connectivity index (χ4n) is 3.22. The van der Waals surface area contributed by atoms with Gasteiger partial charge in [0.15, 0.2) is 0 Å². The van der Waals surface area contributed by atoms with E-state index < -0.39 is 5.41 Å². The molecule has 6 heteroatoms. The molecule has 1 aliphatic rings. The van der Waals surface area contributed by atoms with E-state index >= 15 is 0 Å². The highest BCUT2D eigenvalue weighted by molar-refractivity contribution is 6.15. The van der Waals surface area contributed by atoms with E-state index in [0.717, 1.165) is 24.5 Å². The molecule has 0 bridgehead atoms. The van der Waals surface area contributed by atoms with E-state index in [2.05, 4.69) is 10.2 Å². The van der Waals surface area contributed by atoms with Gasteiger partial charge in [0, 0.05) is 25.8 Å². The number of nitrogens with one attached hydrogen (secondary N) is 1. The van der Waals surface area contributed by atoms with Gasteiger partial charge in [0.05, 0.1) is 24.6 Å². The van der Waals surface area contributed by atoms with Crippen LogP contribution in [0.5, 0.6) is 0 Å². The van der Waals surface area contributed by atoms with Gasteiger partial charge in [0.25, 0.3) is 0 Å². The maximum absolute atomic E-state index is 13.0. The van der Waals surface area contributed by atoms with Gasteiger partial charge in [-0.05, 0) is 38.1 Å². The van der Waals surface area contributed by atoms with Gasteiger partial charge in [-0.25, -0.2) is 0 Å². The zero-order valence-corrected chi connectivity index (χ0v) is 16.6. The number of carbonyl (C=O) groups is 2. The Morgan fingerprint density at radius 3 is 2.29 bits per heavy atom. The molecule has 148 valence electrons. The lowest BCUT2D eigenvalue weighted by Gasteiger charge is -2.32. The van der Waals surface area contributed by atoms with Crippen LogP contribution in [0, 0.1) is 5.41 Å². The quantitative estimate of drug-likeness (QED) is 0.809. The number of nitrogens with zero attached hydrogens (tertiary/aromatic N) is 2. The molecular formula is C22H27N3O3. The Morgan fingerprint density at radius 2 is 1.61 bits per heavy atom. The molecule has 2 aromatic carbocycles. The average Bonchev–Trinajstić information content (AvgIpc) is 2.74. The second-order valence-corrected chi connectivity index (χ2v) is 7.40. The Bertz CT molecular complexity index is 830. The summed E-state index contributed by atoms with van der Waals surface area (Å²) in [4.78, 5) is 29.8. The van der Waals surface area contributed by atoms with Crippen LogP contribution in [0.15, 0.2) is 54.6 Å². The van der Waals surface area contributed by atoms with Gasteiger partial charge in [-0.15, -0.1) is 0 Å². The van der Waals surface area contributed by atoms with Crippen molar-refractivity contribution < 1.29 is 14.3 Å². The topological polar surface area (TPSA) is 61.9 Å². The third-order valence-electron chi connectivity index (χ3n) is 5.05. The average molecular weight is 381 g/mol. The van der Waals surface area contributed by atoms with Crippen molar-refractivity contribution in [1.82, 2.24) is 0 Å². The van der Waals surface area contributed by atoms with Crippen molar-refractivity contribution in [3.05, 3.63) is 54.6 Å². The number of carbonyl (C=O) groups excluding carboxylic acids is 2. The number of amides is 2. The van der Waals surface area contributed by atoms with Gasteiger partial charge in [0.2, 0.25) is 11.8 Å². The third-order valence-corrected chi connectivity index (χ3v) is 5.05. The summed E-state index contributed by atoms with van der Waals surface area (Å²) in [6.45, 7) is 6.17. The number of para-hydroxylation sites is 3. The number of anilines is 3. The van der Waals surface area contributed by atoms with Crippen LogP contribution in [0.2, 0.25) is 0 Å². The van der Waals surface area contributed by atoms with Gasteiger partial charge < -0.3 is 19.9 Å². The first kappa shape index (κ1) is 19.9. The lowest BCUT2D eigenvalue weighted by molar-refractivity contribution is -0.136. The molecule has 0 saturated carbocycles. The highest BCUT2D eigenvalue weighted by Crippen LogP contribution is 2.30. The summed E-state index contributed by atoms with van der Waals surface area (Å²) in [6.07, 6.45) is 0. The molecule has 0 unspecified atom stereocenters. The third kappa shape index (κ3) is 4.17. The van der Waals surface area contributed by atoms with Crippen LogP contribution < -0.4 is 15.1 Å². The molecule has 1 saturated heterocycles. The van der Waals surface area contributed by atoms with Crippen LogP contribution in [-0.4, -0.2) is 45.2 Å². The van der Waals surface area contributed by atoms with Gasteiger partial charge in [-0.1, -0.05) is 30.3 Å². The van der Waals surface area contributed by atoms with Gasteiger partial charge >= 0.3 is 0 Å². The maximum Gasteiger partial charge on any atom is 0.241 e. The highest BCUT2D eigenvalue weighted by atomic mass is 16.5. The second-order valence-electron chi connectivity index (χ2n) is 7.40. The number of morpholine rings is 1. The fraction of sp³-hybridized carbons (Fsp3) is 0.364. The van der Waals surface area contributed by atoms with Gasteiger partial charge in [-0.2, -0.15) is 0 Å². The molecular weight excluding hydrogens is 354 g/mol. The summed E-state index contributed by atoms with van der Waals surface area (Å²) in [7, 11) is 1.69. The predicted molar refractivity (Wildman–Crippen MR) is 112 cm³/mol. The van der Waals surface area contributed by atoms with Crippen molar-refractivity contribution in [3.63, 3.8) is 0 Å². The molecule has 0 aliphatic carbocycles. The van der Waals surface area contributed by atoms with E-state index in [4.69, 9.17) is 4.74 Å². The Balaban J connectivity index is 1.77. The molecule has 1 N–H and O–H groups in total. The molecule has 1 fully saturated rings. The van der Waals surface area contributed by atoms with Crippen LogP contribution in [0.4, 0.5) is 17.1 Å². The van der Waals surface area contributed by atoms with E-state index in [-0.39, 0.29) is 11.8 Å². The van der Waals surface area contributed by atoms with E-state index in [1.807, 2.05) is 54.6 Å². The summed E-state index contributed by atoms with van der Waals surface area (Å²) in [5, 5.41) is 2.97. The minimum atomic E-state index is -1.22. The normalized spacial score (nSPS) is 14.5. The maximum atomic E-state index is 13.0. The summed E-state index contributed by atoms with van der Waals surface area (Å²) in [5.74, 6) is -0.596. The molecule has 1 heterocycles. The molecule has 28 heavy (non-hydrogen) atoms. The number of rotatable bonds is 5. The Labute approximate surface area is 166 Å². The minimum Gasteiger partial charge on any atom is -0.378 e. The molecule has 2 amide bonds. The van der Waals surface area contributed by atoms with E-state index in [0.29, 0.717) is 18.9 Å². The predicted octanol–water partition coefficient (Wildman–Crippen LogP) is 3.15. The molecule has 0 aromatic heterocycles. The van der Waals surface area contributed by atoms with E-state index in [1.54, 1.807) is 20.9 Å². The lowest BCUT2D eigenvalue weighted by atomic mass is 9.90. The van der Waals surface area contributed by atoms with Crippen molar-refractivity contribution in [2.45, 2.75) is 13.8 Å². The molecule has 2 aromatic rings. The molecule has 0 radical (unpaired) electrons. The number of hydrogen-bond acceptors (Lipinski definition) is 4. The van der Waals surface area contributed by atoms with Crippen molar-refractivity contribution >= 4 is 28.9 Å². The zero-order valence-electron chi connectivity index (χ0n) is 16.6. The van der Waals surface area contributed by atoms with E-state index in [9.17, 15) is 9.59 Å². The molecule has 0 atom stereocenters.